The molecule has 0 amide bonds. The third kappa shape index (κ3) is 2.90. The Morgan fingerprint density at radius 3 is 1.85 bits per heavy atom. The minimum absolute atomic E-state index is 0.126. The highest BCUT2D eigenvalue weighted by Crippen LogP contribution is 2.32. The average Bonchev–Trinajstić information content (AvgIpc) is 3.14. The largest absolute Gasteiger partial charge is 0.440 e. The molecule has 2 aromatic heterocycles. The molecule has 2 heterocycles. The summed E-state index contributed by atoms with van der Waals surface area (Å²) in [6.45, 7) is 12.9. The van der Waals surface area contributed by atoms with E-state index in [0.717, 1.165) is 33.7 Å². The van der Waals surface area contributed by atoms with Crippen molar-refractivity contribution in [3.05, 3.63) is 47.9 Å². The maximum absolute atomic E-state index is 5.99. The molecular formula is C22H24N2O2. The molecule has 0 unspecified atom stereocenters. The van der Waals surface area contributed by atoms with Gasteiger partial charge in [-0.3, -0.25) is 0 Å². The van der Waals surface area contributed by atoms with Crippen LogP contribution in [0.15, 0.2) is 45.2 Å². The molecule has 134 valence electrons. The summed E-state index contributed by atoms with van der Waals surface area (Å²) in [6, 6.07) is 12.2. The SMILES string of the molecule is CC(C)(C)c1ccc(-c2nc3cc4oc(C(C)(C)C)nc4cc3o2)cc1. The molecule has 0 aliphatic rings. The van der Waals surface area contributed by atoms with Gasteiger partial charge >= 0.3 is 0 Å². The number of nitrogens with zero attached hydrogens (tertiary/aromatic N) is 2. The average molecular weight is 348 g/mol. The molecule has 0 saturated carbocycles. The molecule has 0 spiro atoms. The summed E-state index contributed by atoms with van der Waals surface area (Å²) in [5.74, 6) is 1.34. The summed E-state index contributed by atoms with van der Waals surface area (Å²) in [6.07, 6.45) is 0. The van der Waals surface area contributed by atoms with Crippen LogP contribution in [-0.2, 0) is 10.8 Å². The molecule has 26 heavy (non-hydrogen) atoms. The molecule has 2 aromatic carbocycles. The van der Waals surface area contributed by atoms with Crippen LogP contribution in [0.3, 0.4) is 0 Å². The van der Waals surface area contributed by atoms with E-state index < -0.39 is 0 Å². The molecule has 0 aliphatic carbocycles. The number of oxazole rings is 2. The lowest BCUT2D eigenvalue weighted by Gasteiger charge is -2.18. The molecule has 0 saturated heterocycles. The van der Waals surface area contributed by atoms with Gasteiger partial charge in [0, 0.05) is 23.1 Å². The highest BCUT2D eigenvalue weighted by molar-refractivity contribution is 5.90. The Kier molecular flexibility index (Phi) is 3.52. The lowest BCUT2D eigenvalue weighted by Crippen LogP contribution is -2.10. The second kappa shape index (κ2) is 5.44. The van der Waals surface area contributed by atoms with E-state index in [9.17, 15) is 0 Å². The number of aromatic nitrogens is 2. The normalized spacial score (nSPS) is 13.0. The maximum atomic E-state index is 5.99. The van der Waals surface area contributed by atoms with Gasteiger partial charge in [0.25, 0.3) is 0 Å². The summed E-state index contributed by atoms with van der Waals surface area (Å²) in [4.78, 5) is 9.24. The Morgan fingerprint density at radius 2 is 1.27 bits per heavy atom. The van der Waals surface area contributed by atoms with E-state index in [2.05, 4.69) is 75.8 Å². The van der Waals surface area contributed by atoms with Crippen LogP contribution < -0.4 is 0 Å². The monoisotopic (exact) mass is 348 g/mol. The number of hydrogen-bond acceptors (Lipinski definition) is 4. The zero-order chi connectivity index (χ0) is 18.7. The molecule has 0 fully saturated rings. The minimum atomic E-state index is -0.131. The zero-order valence-electron chi connectivity index (χ0n) is 16.2. The van der Waals surface area contributed by atoms with Crippen molar-refractivity contribution in [3.8, 4) is 11.5 Å². The summed E-state index contributed by atoms with van der Waals surface area (Å²) in [5, 5.41) is 0. The summed E-state index contributed by atoms with van der Waals surface area (Å²) in [5.41, 5.74) is 5.29. The molecule has 4 rings (SSSR count). The maximum Gasteiger partial charge on any atom is 0.227 e. The number of hydrogen-bond donors (Lipinski definition) is 0. The van der Waals surface area contributed by atoms with Crippen molar-refractivity contribution < 1.29 is 8.83 Å². The Morgan fingerprint density at radius 1 is 0.692 bits per heavy atom. The van der Waals surface area contributed by atoms with Gasteiger partial charge in [0.05, 0.1) is 0 Å². The van der Waals surface area contributed by atoms with Gasteiger partial charge in [0.2, 0.25) is 11.8 Å². The molecule has 0 bridgehead atoms. The Labute approximate surface area is 153 Å². The van der Waals surface area contributed by atoms with E-state index in [1.165, 1.54) is 5.56 Å². The lowest BCUT2D eigenvalue weighted by atomic mass is 9.87. The fraction of sp³-hybridized carbons (Fsp3) is 0.364. The standard InChI is InChI=1S/C22H24N2O2/c1-21(2,3)14-9-7-13(8-10-14)19-23-15-11-18-16(12-17(15)25-19)24-20(26-18)22(4,5)6/h7-12H,1-6H3. The fourth-order valence-electron chi connectivity index (χ4n) is 2.91. The molecule has 0 atom stereocenters. The van der Waals surface area contributed by atoms with Crippen LogP contribution >= 0.6 is 0 Å². The van der Waals surface area contributed by atoms with E-state index in [-0.39, 0.29) is 10.8 Å². The van der Waals surface area contributed by atoms with Crippen LogP contribution in [-0.4, -0.2) is 9.97 Å². The van der Waals surface area contributed by atoms with Gasteiger partial charge in [-0.2, -0.15) is 0 Å². The molecule has 0 aliphatic heterocycles. The first-order chi connectivity index (χ1) is 12.1. The molecule has 4 aromatic rings. The lowest BCUT2D eigenvalue weighted by molar-refractivity contribution is 0.411. The van der Waals surface area contributed by atoms with Crippen molar-refractivity contribution in [2.45, 2.75) is 52.4 Å². The summed E-state index contributed by atoms with van der Waals surface area (Å²) < 4.78 is 11.9. The van der Waals surface area contributed by atoms with Gasteiger partial charge in [0.1, 0.15) is 11.0 Å². The first-order valence-corrected chi connectivity index (χ1v) is 8.94. The fourth-order valence-corrected chi connectivity index (χ4v) is 2.91. The van der Waals surface area contributed by atoms with Gasteiger partial charge in [-0.1, -0.05) is 53.7 Å². The molecule has 4 heteroatoms. The van der Waals surface area contributed by atoms with E-state index in [0.29, 0.717) is 5.89 Å². The Hall–Kier alpha value is -2.62. The first-order valence-electron chi connectivity index (χ1n) is 8.94. The van der Waals surface area contributed by atoms with Crippen molar-refractivity contribution in [3.63, 3.8) is 0 Å². The summed E-state index contributed by atoms with van der Waals surface area (Å²) in [7, 11) is 0. The van der Waals surface area contributed by atoms with Crippen molar-refractivity contribution in [2.24, 2.45) is 0 Å². The van der Waals surface area contributed by atoms with Gasteiger partial charge < -0.3 is 8.83 Å². The van der Waals surface area contributed by atoms with Gasteiger partial charge in [-0.25, -0.2) is 9.97 Å². The first kappa shape index (κ1) is 16.8. The summed E-state index contributed by atoms with van der Waals surface area (Å²) >= 11 is 0. The quantitative estimate of drug-likeness (QED) is 0.409. The number of benzene rings is 2. The molecular weight excluding hydrogens is 324 g/mol. The predicted molar refractivity (Wildman–Crippen MR) is 104 cm³/mol. The van der Waals surface area contributed by atoms with Crippen molar-refractivity contribution >= 4 is 22.2 Å². The predicted octanol–water partition coefficient (Wildman–Crippen LogP) is 6.23. The molecule has 4 nitrogen and oxygen atoms in total. The van der Waals surface area contributed by atoms with E-state index in [1.54, 1.807) is 0 Å². The van der Waals surface area contributed by atoms with Crippen molar-refractivity contribution in [1.82, 2.24) is 9.97 Å². The number of rotatable bonds is 1. The van der Waals surface area contributed by atoms with Gasteiger partial charge in [-0.15, -0.1) is 0 Å². The van der Waals surface area contributed by atoms with Crippen LogP contribution in [0.2, 0.25) is 0 Å². The third-order valence-corrected chi connectivity index (χ3v) is 4.54. The third-order valence-electron chi connectivity index (χ3n) is 4.54. The van der Waals surface area contributed by atoms with Gasteiger partial charge in [0.15, 0.2) is 11.2 Å². The minimum Gasteiger partial charge on any atom is -0.440 e. The highest BCUT2D eigenvalue weighted by Gasteiger charge is 2.22. The second-order valence-electron chi connectivity index (χ2n) is 8.90. The van der Waals surface area contributed by atoms with Crippen LogP contribution in [0.4, 0.5) is 0 Å². The topological polar surface area (TPSA) is 52.1 Å². The van der Waals surface area contributed by atoms with Crippen LogP contribution in [0, 0.1) is 0 Å². The van der Waals surface area contributed by atoms with Crippen molar-refractivity contribution in [1.29, 1.82) is 0 Å². The Bertz CT molecular complexity index is 1040. The smallest absolute Gasteiger partial charge is 0.227 e. The van der Waals surface area contributed by atoms with Crippen LogP contribution in [0.5, 0.6) is 0 Å². The van der Waals surface area contributed by atoms with E-state index in [1.807, 2.05) is 12.1 Å². The van der Waals surface area contributed by atoms with E-state index >= 15 is 0 Å². The van der Waals surface area contributed by atoms with Crippen molar-refractivity contribution in [2.75, 3.05) is 0 Å². The zero-order valence-corrected chi connectivity index (χ0v) is 16.2. The van der Waals surface area contributed by atoms with E-state index in [4.69, 9.17) is 8.83 Å². The second-order valence-corrected chi connectivity index (χ2v) is 8.90. The molecule has 0 N–H and O–H groups in total. The van der Waals surface area contributed by atoms with Crippen LogP contribution in [0.25, 0.3) is 33.7 Å². The molecule has 0 radical (unpaired) electrons. The van der Waals surface area contributed by atoms with Crippen LogP contribution in [0.1, 0.15) is 53.0 Å². The highest BCUT2D eigenvalue weighted by atomic mass is 16.4. The van der Waals surface area contributed by atoms with Gasteiger partial charge in [-0.05, 0) is 23.1 Å². The Balaban J connectivity index is 1.76. The number of fused-ring (bicyclic) bond motifs is 2.